The second kappa shape index (κ2) is 8.64. The summed E-state index contributed by atoms with van der Waals surface area (Å²) in [5.41, 5.74) is 2.29. The third-order valence-corrected chi connectivity index (χ3v) is 6.74. The summed E-state index contributed by atoms with van der Waals surface area (Å²) in [5.74, 6) is 2.62. The number of nitrogens with one attached hydrogen (secondary N) is 1. The topological polar surface area (TPSA) is 75.0 Å². The monoisotopic (exact) mass is 458 g/mol. The van der Waals surface area contributed by atoms with Crippen molar-refractivity contribution < 1.29 is 4.39 Å². The second-order valence-corrected chi connectivity index (χ2v) is 9.09. The van der Waals surface area contributed by atoms with E-state index in [1.54, 1.807) is 18.3 Å². The molecule has 0 bridgehead atoms. The molecule has 0 unspecified atom stereocenters. The molecule has 34 heavy (non-hydrogen) atoms. The van der Waals surface area contributed by atoms with Gasteiger partial charge in [0.15, 0.2) is 5.65 Å². The Kier molecular flexibility index (Phi) is 5.33. The van der Waals surface area contributed by atoms with E-state index in [0.29, 0.717) is 29.3 Å². The van der Waals surface area contributed by atoms with Gasteiger partial charge in [-0.1, -0.05) is 0 Å². The fourth-order valence-electron chi connectivity index (χ4n) is 4.47. The summed E-state index contributed by atoms with van der Waals surface area (Å²) >= 11 is 0. The van der Waals surface area contributed by atoms with Gasteiger partial charge >= 0.3 is 0 Å². The molecule has 1 saturated heterocycles. The molecular formula is C25H27FN8. The number of anilines is 2. The van der Waals surface area contributed by atoms with Gasteiger partial charge in [0, 0.05) is 44.0 Å². The molecule has 2 fully saturated rings. The molecule has 2 aliphatic rings. The van der Waals surface area contributed by atoms with Crippen LogP contribution >= 0.6 is 0 Å². The summed E-state index contributed by atoms with van der Waals surface area (Å²) in [6.45, 7) is 3.88. The standard InChI is InChI=1S/C25H27FN8/c1-32-13-15-33(16-14-32)21-10-9-20-23(29-21)31-24(17-5-7-18(26)8-6-17)34(20)22-11-12-27-25(30-22)28-19-3-2-4-19/h5-12,19H,2-4,13-16H2,1H3,(H,27,28,30). The van der Waals surface area contributed by atoms with Crippen LogP contribution in [0.1, 0.15) is 19.3 Å². The number of rotatable bonds is 5. The molecule has 0 spiro atoms. The van der Waals surface area contributed by atoms with Crippen molar-refractivity contribution in [3.05, 3.63) is 54.5 Å². The highest BCUT2D eigenvalue weighted by Gasteiger charge is 2.22. The van der Waals surface area contributed by atoms with Crippen LogP contribution in [0.25, 0.3) is 28.4 Å². The highest BCUT2D eigenvalue weighted by molar-refractivity contribution is 5.81. The van der Waals surface area contributed by atoms with Gasteiger partial charge in [-0.2, -0.15) is 4.98 Å². The minimum absolute atomic E-state index is 0.282. The first-order valence-electron chi connectivity index (χ1n) is 11.8. The molecule has 9 heteroatoms. The van der Waals surface area contributed by atoms with Crippen LogP contribution in [0.3, 0.4) is 0 Å². The Morgan fingerprint density at radius 1 is 0.882 bits per heavy atom. The Bertz CT molecular complexity index is 1310. The zero-order valence-electron chi connectivity index (χ0n) is 19.2. The van der Waals surface area contributed by atoms with Gasteiger partial charge in [-0.05, 0) is 68.8 Å². The highest BCUT2D eigenvalue weighted by atomic mass is 19.1. The first kappa shape index (κ1) is 21.0. The summed E-state index contributed by atoms with van der Waals surface area (Å²) in [6, 6.07) is 12.8. The minimum atomic E-state index is -0.282. The van der Waals surface area contributed by atoms with Crippen LogP contribution < -0.4 is 10.2 Å². The van der Waals surface area contributed by atoms with Crippen LogP contribution in [0.15, 0.2) is 48.7 Å². The third-order valence-electron chi connectivity index (χ3n) is 6.74. The van der Waals surface area contributed by atoms with E-state index in [9.17, 15) is 4.39 Å². The van der Waals surface area contributed by atoms with Crippen molar-refractivity contribution in [2.45, 2.75) is 25.3 Å². The predicted octanol–water partition coefficient (Wildman–Crippen LogP) is 3.73. The van der Waals surface area contributed by atoms with Crippen molar-refractivity contribution >= 4 is 22.9 Å². The molecule has 174 valence electrons. The van der Waals surface area contributed by atoms with E-state index in [1.165, 1.54) is 18.6 Å². The molecule has 1 aliphatic carbocycles. The lowest BCUT2D eigenvalue weighted by Crippen LogP contribution is -2.44. The number of fused-ring (bicyclic) bond motifs is 1. The van der Waals surface area contributed by atoms with Crippen molar-refractivity contribution in [1.29, 1.82) is 0 Å². The molecule has 1 saturated carbocycles. The molecule has 1 aliphatic heterocycles. The van der Waals surface area contributed by atoms with Crippen molar-refractivity contribution in [2.24, 2.45) is 0 Å². The maximum Gasteiger partial charge on any atom is 0.224 e. The maximum absolute atomic E-state index is 13.7. The van der Waals surface area contributed by atoms with Gasteiger partial charge in [0.2, 0.25) is 5.95 Å². The van der Waals surface area contributed by atoms with Gasteiger partial charge in [-0.3, -0.25) is 4.57 Å². The Balaban J connectivity index is 1.45. The molecule has 0 amide bonds. The van der Waals surface area contributed by atoms with Crippen LogP contribution in [0.2, 0.25) is 0 Å². The lowest BCUT2D eigenvalue weighted by molar-refractivity contribution is 0.312. The molecule has 8 nitrogen and oxygen atoms in total. The van der Waals surface area contributed by atoms with Crippen LogP contribution in [0, 0.1) is 5.82 Å². The normalized spacial score (nSPS) is 17.2. The Morgan fingerprint density at radius 3 is 2.41 bits per heavy atom. The number of pyridine rings is 1. The van der Waals surface area contributed by atoms with Crippen LogP contribution in [0.4, 0.5) is 16.2 Å². The van der Waals surface area contributed by atoms with Gasteiger partial charge < -0.3 is 15.1 Å². The van der Waals surface area contributed by atoms with Crippen molar-refractivity contribution in [3.8, 4) is 17.2 Å². The molecule has 3 aromatic heterocycles. The Hall–Kier alpha value is -3.59. The number of benzene rings is 1. The largest absolute Gasteiger partial charge is 0.354 e. The van der Waals surface area contributed by atoms with Gasteiger partial charge in [0.25, 0.3) is 0 Å². The minimum Gasteiger partial charge on any atom is -0.354 e. The smallest absolute Gasteiger partial charge is 0.224 e. The lowest BCUT2D eigenvalue weighted by Gasteiger charge is -2.33. The number of hydrogen-bond donors (Lipinski definition) is 1. The molecule has 0 atom stereocenters. The summed E-state index contributed by atoms with van der Waals surface area (Å²) in [4.78, 5) is 23.6. The van der Waals surface area contributed by atoms with Crippen molar-refractivity contribution in [1.82, 2.24) is 29.4 Å². The number of piperazine rings is 1. The average Bonchev–Trinajstić information content (AvgIpc) is 3.21. The number of likely N-dealkylation sites (N-methyl/N-ethyl adjacent to an activating group) is 1. The second-order valence-electron chi connectivity index (χ2n) is 9.09. The predicted molar refractivity (Wildman–Crippen MR) is 131 cm³/mol. The van der Waals surface area contributed by atoms with Gasteiger partial charge in [-0.15, -0.1) is 0 Å². The Labute approximate surface area is 197 Å². The lowest BCUT2D eigenvalue weighted by atomic mass is 9.93. The quantitative estimate of drug-likeness (QED) is 0.488. The fourth-order valence-corrected chi connectivity index (χ4v) is 4.47. The molecule has 4 aromatic rings. The van der Waals surface area contributed by atoms with E-state index >= 15 is 0 Å². The molecule has 6 rings (SSSR count). The molecule has 1 aromatic carbocycles. The SMILES string of the molecule is CN1CCN(c2ccc3c(n2)nc(-c2ccc(F)cc2)n3-c2ccnc(NC3CCC3)n2)CC1. The zero-order valence-corrected chi connectivity index (χ0v) is 19.2. The van der Waals surface area contributed by atoms with Crippen LogP contribution in [0.5, 0.6) is 0 Å². The average molecular weight is 459 g/mol. The molecule has 1 N–H and O–H groups in total. The maximum atomic E-state index is 13.7. The summed E-state index contributed by atoms with van der Waals surface area (Å²) in [5, 5.41) is 3.42. The summed E-state index contributed by atoms with van der Waals surface area (Å²) < 4.78 is 15.6. The number of halogens is 1. The summed E-state index contributed by atoms with van der Waals surface area (Å²) in [7, 11) is 2.14. The van der Waals surface area contributed by atoms with E-state index < -0.39 is 0 Å². The first-order chi connectivity index (χ1) is 16.6. The van der Waals surface area contributed by atoms with Crippen LogP contribution in [-0.2, 0) is 0 Å². The Morgan fingerprint density at radius 2 is 1.68 bits per heavy atom. The van der Waals surface area contributed by atoms with Crippen molar-refractivity contribution in [2.75, 3.05) is 43.4 Å². The number of hydrogen-bond acceptors (Lipinski definition) is 7. The molecule has 0 radical (unpaired) electrons. The zero-order chi connectivity index (χ0) is 23.1. The van der Waals surface area contributed by atoms with E-state index in [1.807, 2.05) is 10.6 Å². The van der Waals surface area contributed by atoms with E-state index in [0.717, 1.165) is 55.9 Å². The summed E-state index contributed by atoms with van der Waals surface area (Å²) in [6.07, 6.45) is 5.28. The van der Waals surface area contributed by atoms with E-state index in [-0.39, 0.29) is 5.82 Å². The number of aromatic nitrogens is 5. The van der Waals surface area contributed by atoms with E-state index in [2.05, 4.69) is 39.3 Å². The first-order valence-corrected chi connectivity index (χ1v) is 11.8. The molecular weight excluding hydrogens is 431 g/mol. The van der Waals surface area contributed by atoms with Crippen LogP contribution in [-0.4, -0.2) is 68.7 Å². The van der Waals surface area contributed by atoms with E-state index in [4.69, 9.17) is 15.0 Å². The number of imidazole rings is 1. The number of nitrogens with zero attached hydrogens (tertiary/aromatic N) is 7. The van der Waals surface area contributed by atoms with Gasteiger partial charge in [-0.25, -0.2) is 19.3 Å². The van der Waals surface area contributed by atoms with Gasteiger partial charge in [0.05, 0.1) is 5.52 Å². The van der Waals surface area contributed by atoms with Crippen molar-refractivity contribution in [3.63, 3.8) is 0 Å². The highest BCUT2D eigenvalue weighted by Crippen LogP contribution is 2.30. The third kappa shape index (κ3) is 3.96. The molecule has 4 heterocycles. The fraction of sp³-hybridized carbons (Fsp3) is 0.360. The van der Waals surface area contributed by atoms with Gasteiger partial charge in [0.1, 0.15) is 23.3 Å².